The molecule has 1 aromatic rings. The van der Waals surface area contributed by atoms with Crippen LogP contribution in [0.15, 0.2) is 18.2 Å². The van der Waals surface area contributed by atoms with Crippen LogP contribution in [0, 0.1) is 10.1 Å². The first-order valence-corrected chi connectivity index (χ1v) is 6.51. The molecule has 8 heteroatoms. The van der Waals surface area contributed by atoms with Crippen LogP contribution >= 0.6 is 0 Å². The standard InChI is InChI=1S/C13H15F3N2O3/c1-8-6-10(4-5-21-8)17-11-3-2-9(13(14,15)16)7-12(11)18(19)20/h2-3,7-8,10,17H,4-6H2,1H3. The number of ether oxygens (including phenoxy) is 1. The molecule has 1 saturated heterocycles. The third-order valence-corrected chi connectivity index (χ3v) is 3.37. The number of nitrogens with zero attached hydrogens (tertiary/aromatic N) is 1. The van der Waals surface area contributed by atoms with E-state index in [1.807, 2.05) is 6.92 Å². The zero-order valence-corrected chi connectivity index (χ0v) is 11.3. The Bertz CT molecular complexity index is 534. The predicted molar refractivity (Wildman–Crippen MR) is 70.2 cm³/mol. The maximum absolute atomic E-state index is 12.6. The first-order chi connectivity index (χ1) is 9.77. The van der Waals surface area contributed by atoms with Gasteiger partial charge in [0.1, 0.15) is 5.69 Å². The minimum absolute atomic E-state index is 0.0183. The molecule has 1 fully saturated rings. The molecule has 0 bridgehead atoms. The summed E-state index contributed by atoms with van der Waals surface area (Å²) in [6.45, 7) is 2.41. The average Bonchev–Trinajstić information content (AvgIpc) is 2.37. The lowest BCUT2D eigenvalue weighted by Gasteiger charge is -2.28. The molecule has 0 radical (unpaired) electrons. The molecule has 1 aliphatic rings. The minimum Gasteiger partial charge on any atom is -0.378 e. The third-order valence-electron chi connectivity index (χ3n) is 3.37. The van der Waals surface area contributed by atoms with Gasteiger partial charge in [-0.1, -0.05) is 0 Å². The lowest BCUT2D eigenvalue weighted by Crippen LogP contribution is -2.32. The van der Waals surface area contributed by atoms with Gasteiger partial charge in [0.05, 0.1) is 16.6 Å². The van der Waals surface area contributed by atoms with Crippen LogP contribution in [0.25, 0.3) is 0 Å². The number of halogens is 3. The molecule has 2 atom stereocenters. The summed E-state index contributed by atoms with van der Waals surface area (Å²) >= 11 is 0. The highest BCUT2D eigenvalue weighted by molar-refractivity contribution is 5.63. The van der Waals surface area contributed by atoms with E-state index in [-0.39, 0.29) is 17.8 Å². The van der Waals surface area contributed by atoms with E-state index in [4.69, 9.17) is 4.74 Å². The van der Waals surface area contributed by atoms with Gasteiger partial charge in [-0.25, -0.2) is 0 Å². The Hall–Kier alpha value is -1.83. The van der Waals surface area contributed by atoms with Crippen LogP contribution in [-0.4, -0.2) is 23.7 Å². The van der Waals surface area contributed by atoms with Gasteiger partial charge in [-0.15, -0.1) is 0 Å². The highest BCUT2D eigenvalue weighted by Crippen LogP contribution is 2.35. The highest BCUT2D eigenvalue weighted by Gasteiger charge is 2.33. The van der Waals surface area contributed by atoms with E-state index in [1.54, 1.807) is 0 Å². The first-order valence-electron chi connectivity index (χ1n) is 6.51. The van der Waals surface area contributed by atoms with Crippen LogP contribution in [0.2, 0.25) is 0 Å². The second-order valence-corrected chi connectivity index (χ2v) is 5.03. The third kappa shape index (κ3) is 3.84. The Morgan fingerprint density at radius 1 is 1.43 bits per heavy atom. The zero-order chi connectivity index (χ0) is 15.6. The summed E-state index contributed by atoms with van der Waals surface area (Å²) in [5.41, 5.74) is -1.49. The molecule has 0 saturated carbocycles. The number of anilines is 1. The fraction of sp³-hybridized carbons (Fsp3) is 0.538. The second kappa shape index (κ2) is 5.88. The Kier molecular flexibility index (Phi) is 4.36. The number of nitrogens with one attached hydrogen (secondary N) is 1. The van der Waals surface area contributed by atoms with E-state index in [1.165, 1.54) is 0 Å². The molecule has 2 unspecified atom stereocenters. The molecule has 116 valence electrons. The van der Waals surface area contributed by atoms with Crippen molar-refractivity contribution in [1.82, 2.24) is 0 Å². The molecular formula is C13H15F3N2O3. The summed E-state index contributed by atoms with van der Waals surface area (Å²) in [7, 11) is 0. The summed E-state index contributed by atoms with van der Waals surface area (Å²) in [5, 5.41) is 13.9. The molecular weight excluding hydrogens is 289 g/mol. The summed E-state index contributed by atoms with van der Waals surface area (Å²) in [5.74, 6) is 0. The number of hydrogen-bond acceptors (Lipinski definition) is 4. The Morgan fingerprint density at radius 3 is 2.71 bits per heavy atom. The Morgan fingerprint density at radius 2 is 2.14 bits per heavy atom. The lowest BCUT2D eigenvalue weighted by atomic mass is 10.0. The normalized spacial score (nSPS) is 22.9. The molecule has 2 rings (SSSR count). The number of nitro groups is 1. The first kappa shape index (κ1) is 15.6. The van der Waals surface area contributed by atoms with Crippen molar-refractivity contribution in [3.63, 3.8) is 0 Å². The van der Waals surface area contributed by atoms with Crippen molar-refractivity contribution in [3.8, 4) is 0 Å². The van der Waals surface area contributed by atoms with Crippen molar-refractivity contribution >= 4 is 11.4 Å². The number of benzene rings is 1. The SMILES string of the molecule is CC1CC(Nc2ccc(C(F)(F)F)cc2[N+](=O)[O-])CCO1. The van der Waals surface area contributed by atoms with Gasteiger partial charge in [-0.05, 0) is 31.9 Å². The van der Waals surface area contributed by atoms with Crippen LogP contribution in [0.1, 0.15) is 25.3 Å². The van der Waals surface area contributed by atoms with Crippen molar-refractivity contribution < 1.29 is 22.8 Å². The summed E-state index contributed by atoms with van der Waals surface area (Å²) in [4.78, 5) is 10.2. The van der Waals surface area contributed by atoms with Crippen LogP contribution in [-0.2, 0) is 10.9 Å². The maximum Gasteiger partial charge on any atom is 0.416 e. The molecule has 1 aromatic carbocycles. The van der Waals surface area contributed by atoms with E-state index in [0.717, 1.165) is 12.1 Å². The molecule has 21 heavy (non-hydrogen) atoms. The van der Waals surface area contributed by atoms with Crippen LogP contribution in [0.4, 0.5) is 24.5 Å². The maximum atomic E-state index is 12.6. The van der Waals surface area contributed by atoms with E-state index in [9.17, 15) is 23.3 Å². The van der Waals surface area contributed by atoms with Gasteiger partial charge in [-0.2, -0.15) is 13.2 Å². The molecule has 1 N–H and O–H groups in total. The van der Waals surface area contributed by atoms with Crippen LogP contribution in [0.5, 0.6) is 0 Å². The fourth-order valence-electron chi connectivity index (χ4n) is 2.33. The van der Waals surface area contributed by atoms with Crippen molar-refractivity contribution in [2.75, 3.05) is 11.9 Å². The Labute approximate surface area is 119 Å². The monoisotopic (exact) mass is 304 g/mol. The van der Waals surface area contributed by atoms with E-state index >= 15 is 0 Å². The van der Waals surface area contributed by atoms with Gasteiger partial charge in [0.2, 0.25) is 0 Å². The smallest absolute Gasteiger partial charge is 0.378 e. The Balaban J connectivity index is 2.24. The second-order valence-electron chi connectivity index (χ2n) is 5.03. The predicted octanol–water partition coefficient (Wildman–Crippen LogP) is 3.59. The fourth-order valence-corrected chi connectivity index (χ4v) is 2.33. The van der Waals surface area contributed by atoms with Gasteiger partial charge >= 0.3 is 6.18 Å². The van der Waals surface area contributed by atoms with Gasteiger partial charge in [0, 0.05) is 18.7 Å². The molecule has 5 nitrogen and oxygen atoms in total. The van der Waals surface area contributed by atoms with Crippen LogP contribution in [0.3, 0.4) is 0 Å². The lowest BCUT2D eigenvalue weighted by molar-refractivity contribution is -0.384. The van der Waals surface area contributed by atoms with Crippen LogP contribution < -0.4 is 5.32 Å². The quantitative estimate of drug-likeness (QED) is 0.684. The van der Waals surface area contributed by atoms with Gasteiger partial charge in [-0.3, -0.25) is 10.1 Å². The molecule has 0 aliphatic carbocycles. The molecule has 1 heterocycles. The van der Waals surface area contributed by atoms with Crippen molar-refractivity contribution in [2.24, 2.45) is 0 Å². The zero-order valence-electron chi connectivity index (χ0n) is 11.3. The van der Waals surface area contributed by atoms with E-state index < -0.39 is 22.4 Å². The molecule has 0 amide bonds. The molecule has 0 spiro atoms. The average molecular weight is 304 g/mol. The van der Waals surface area contributed by atoms with Crippen molar-refractivity contribution in [1.29, 1.82) is 0 Å². The highest BCUT2D eigenvalue weighted by atomic mass is 19.4. The number of alkyl halides is 3. The van der Waals surface area contributed by atoms with E-state index in [2.05, 4.69) is 5.32 Å². The molecule has 0 aromatic heterocycles. The summed E-state index contributed by atoms with van der Waals surface area (Å²) in [6.07, 6.45) is -3.28. The number of hydrogen-bond donors (Lipinski definition) is 1. The number of rotatable bonds is 3. The van der Waals surface area contributed by atoms with E-state index in [0.29, 0.717) is 25.5 Å². The van der Waals surface area contributed by atoms with Gasteiger partial charge in [0.25, 0.3) is 5.69 Å². The van der Waals surface area contributed by atoms with Crippen molar-refractivity contribution in [3.05, 3.63) is 33.9 Å². The van der Waals surface area contributed by atoms with Crippen molar-refractivity contribution in [2.45, 2.75) is 38.1 Å². The number of nitro benzene ring substituents is 1. The summed E-state index contributed by atoms with van der Waals surface area (Å²) < 4.78 is 43.2. The van der Waals surface area contributed by atoms with Gasteiger partial charge in [0.15, 0.2) is 0 Å². The largest absolute Gasteiger partial charge is 0.416 e. The summed E-state index contributed by atoms with van der Waals surface area (Å²) in [6, 6.07) is 2.47. The molecule has 1 aliphatic heterocycles. The topological polar surface area (TPSA) is 64.4 Å². The van der Waals surface area contributed by atoms with Gasteiger partial charge < -0.3 is 10.1 Å². The minimum atomic E-state index is -4.60.